The van der Waals surface area contributed by atoms with Gasteiger partial charge in [0.05, 0.1) is 9.37 Å². The van der Waals surface area contributed by atoms with Gasteiger partial charge < -0.3 is 5.32 Å². The van der Waals surface area contributed by atoms with Crippen molar-refractivity contribution in [1.29, 1.82) is 0 Å². The number of hydrogen-bond donors (Lipinski definition) is 2. The van der Waals surface area contributed by atoms with Gasteiger partial charge in [0, 0.05) is 29.8 Å². The molecule has 0 saturated carbocycles. The number of nitrogens with zero attached hydrogens (tertiary/aromatic N) is 4. The highest BCUT2D eigenvalue weighted by atomic mass is 79.9. The monoisotopic (exact) mass is 478 g/mol. The van der Waals surface area contributed by atoms with Crippen LogP contribution in [-0.4, -0.2) is 34.1 Å². The fourth-order valence-corrected chi connectivity index (χ4v) is 4.01. The second-order valence-corrected chi connectivity index (χ2v) is 8.78. The molecule has 1 aromatic carbocycles. The average Bonchev–Trinajstić information content (AvgIpc) is 3.02. The van der Waals surface area contributed by atoms with Gasteiger partial charge in [-0.2, -0.15) is 5.10 Å². The van der Waals surface area contributed by atoms with Crippen molar-refractivity contribution in [3.05, 3.63) is 58.1 Å². The highest BCUT2D eigenvalue weighted by Crippen LogP contribution is 2.20. The zero-order valence-electron chi connectivity index (χ0n) is 16.0. The SMILES string of the molecule is CCn1cc(Br)c(C(=O)Nc2ccc(S(=O)(=O)Nc3nc(C)cc(C)n3)cc2)n1. The van der Waals surface area contributed by atoms with Crippen LogP contribution in [0.15, 0.2) is 45.9 Å². The summed E-state index contributed by atoms with van der Waals surface area (Å²) in [5.74, 6) is -0.391. The molecule has 2 heterocycles. The molecule has 0 atom stereocenters. The highest BCUT2D eigenvalue weighted by Gasteiger charge is 2.18. The van der Waals surface area contributed by atoms with Crippen molar-refractivity contribution >= 4 is 43.5 Å². The van der Waals surface area contributed by atoms with E-state index in [1.54, 1.807) is 30.8 Å². The first-order valence-electron chi connectivity index (χ1n) is 8.67. The molecule has 2 N–H and O–H groups in total. The summed E-state index contributed by atoms with van der Waals surface area (Å²) in [7, 11) is -3.86. The average molecular weight is 479 g/mol. The van der Waals surface area contributed by atoms with Gasteiger partial charge in [-0.15, -0.1) is 0 Å². The Morgan fingerprint density at radius 1 is 1.14 bits per heavy atom. The Balaban J connectivity index is 1.75. The fraction of sp³-hybridized carbons (Fsp3) is 0.222. The van der Waals surface area contributed by atoms with E-state index in [0.29, 0.717) is 28.1 Å². The topological polar surface area (TPSA) is 119 Å². The van der Waals surface area contributed by atoms with Gasteiger partial charge >= 0.3 is 0 Å². The lowest BCUT2D eigenvalue weighted by molar-refractivity contribution is 0.102. The molecule has 0 bridgehead atoms. The maximum absolute atomic E-state index is 12.6. The number of sulfonamides is 1. The maximum Gasteiger partial charge on any atom is 0.277 e. The Bertz CT molecular complexity index is 1140. The number of hydrogen-bond acceptors (Lipinski definition) is 6. The Hall–Kier alpha value is -2.79. The van der Waals surface area contributed by atoms with E-state index in [1.165, 1.54) is 24.3 Å². The molecule has 2 aromatic heterocycles. The first kappa shape index (κ1) is 20.9. The number of carbonyl (C=O) groups is 1. The molecular formula is C18H19BrN6O3S. The summed E-state index contributed by atoms with van der Waals surface area (Å²) < 4.78 is 29.7. The van der Waals surface area contributed by atoms with Crippen LogP contribution in [0.3, 0.4) is 0 Å². The standard InChI is InChI=1S/C18H19BrN6O3S/c1-4-25-10-15(19)16(23-25)17(26)22-13-5-7-14(8-6-13)29(27,28)24-18-20-11(2)9-12(3)21-18/h5-10H,4H2,1-3H3,(H,22,26)(H,20,21,24). The summed E-state index contributed by atoms with van der Waals surface area (Å²) in [5, 5.41) is 6.88. The van der Waals surface area contributed by atoms with Crippen LogP contribution in [0, 0.1) is 13.8 Å². The van der Waals surface area contributed by atoms with E-state index >= 15 is 0 Å². The predicted molar refractivity (Wildman–Crippen MR) is 112 cm³/mol. The molecule has 3 aromatic rings. The highest BCUT2D eigenvalue weighted by molar-refractivity contribution is 9.10. The van der Waals surface area contributed by atoms with E-state index in [4.69, 9.17) is 0 Å². The molecule has 0 aliphatic heterocycles. The van der Waals surface area contributed by atoms with Crippen molar-refractivity contribution < 1.29 is 13.2 Å². The lowest BCUT2D eigenvalue weighted by atomic mass is 10.3. The number of amides is 1. The minimum atomic E-state index is -3.86. The number of rotatable bonds is 6. The van der Waals surface area contributed by atoms with Gasteiger partial charge in [0.2, 0.25) is 5.95 Å². The second-order valence-electron chi connectivity index (χ2n) is 6.24. The number of benzene rings is 1. The van der Waals surface area contributed by atoms with Crippen LogP contribution >= 0.6 is 15.9 Å². The third-order valence-electron chi connectivity index (χ3n) is 3.89. The zero-order chi connectivity index (χ0) is 21.2. The zero-order valence-corrected chi connectivity index (χ0v) is 18.4. The van der Waals surface area contributed by atoms with Crippen LogP contribution in [0.4, 0.5) is 11.6 Å². The van der Waals surface area contributed by atoms with Crippen molar-refractivity contribution in [3.8, 4) is 0 Å². The van der Waals surface area contributed by atoms with Crippen LogP contribution in [-0.2, 0) is 16.6 Å². The van der Waals surface area contributed by atoms with Gasteiger partial charge in [-0.1, -0.05) is 0 Å². The summed E-state index contributed by atoms with van der Waals surface area (Å²) in [6, 6.07) is 7.52. The van der Waals surface area contributed by atoms with Crippen LogP contribution in [0.2, 0.25) is 0 Å². The summed E-state index contributed by atoms with van der Waals surface area (Å²) in [4.78, 5) is 20.6. The second kappa shape index (κ2) is 8.29. The van der Waals surface area contributed by atoms with E-state index in [0.717, 1.165) is 0 Å². The lowest BCUT2D eigenvalue weighted by Crippen LogP contribution is -2.16. The molecule has 0 aliphatic rings. The minimum Gasteiger partial charge on any atom is -0.321 e. The summed E-state index contributed by atoms with van der Waals surface area (Å²) in [6.45, 7) is 6.06. The van der Waals surface area contributed by atoms with Gasteiger partial charge in [0.25, 0.3) is 15.9 Å². The number of aromatic nitrogens is 4. The van der Waals surface area contributed by atoms with E-state index in [1.807, 2.05) is 6.92 Å². The smallest absolute Gasteiger partial charge is 0.277 e. The quantitative estimate of drug-likeness (QED) is 0.561. The molecule has 11 heteroatoms. The van der Waals surface area contributed by atoms with Crippen molar-refractivity contribution in [2.24, 2.45) is 0 Å². The molecule has 3 rings (SSSR count). The van der Waals surface area contributed by atoms with Crippen LogP contribution < -0.4 is 10.0 Å². The normalized spacial score (nSPS) is 11.3. The number of halogens is 1. The third-order valence-corrected chi connectivity index (χ3v) is 5.81. The molecule has 152 valence electrons. The van der Waals surface area contributed by atoms with Crippen LogP contribution in [0.1, 0.15) is 28.8 Å². The molecule has 9 nitrogen and oxygen atoms in total. The minimum absolute atomic E-state index is 0.0104. The van der Waals surface area contributed by atoms with Crippen molar-refractivity contribution in [1.82, 2.24) is 19.7 Å². The number of nitrogens with one attached hydrogen (secondary N) is 2. The van der Waals surface area contributed by atoms with Gasteiger partial charge in [-0.25, -0.2) is 23.1 Å². The van der Waals surface area contributed by atoms with E-state index in [-0.39, 0.29) is 16.5 Å². The number of anilines is 2. The molecule has 0 fully saturated rings. The van der Waals surface area contributed by atoms with Gasteiger partial charge in [-0.05, 0) is 67.0 Å². The molecule has 29 heavy (non-hydrogen) atoms. The summed E-state index contributed by atoms with van der Waals surface area (Å²) >= 11 is 3.31. The van der Waals surface area contributed by atoms with E-state index in [2.05, 4.69) is 41.0 Å². The Morgan fingerprint density at radius 2 is 1.76 bits per heavy atom. The van der Waals surface area contributed by atoms with Crippen molar-refractivity contribution in [2.45, 2.75) is 32.2 Å². The predicted octanol–water partition coefficient (Wildman–Crippen LogP) is 3.13. The van der Waals surface area contributed by atoms with Gasteiger partial charge in [0.15, 0.2) is 5.69 Å². The molecule has 1 amide bonds. The first-order chi connectivity index (χ1) is 13.7. The van der Waals surface area contributed by atoms with E-state index in [9.17, 15) is 13.2 Å². The lowest BCUT2D eigenvalue weighted by Gasteiger charge is -2.09. The summed E-state index contributed by atoms with van der Waals surface area (Å²) in [5.41, 5.74) is 2.00. The first-order valence-corrected chi connectivity index (χ1v) is 10.9. The maximum atomic E-state index is 12.6. The van der Waals surface area contributed by atoms with Crippen molar-refractivity contribution in [3.63, 3.8) is 0 Å². The Morgan fingerprint density at radius 3 is 2.31 bits per heavy atom. The third kappa shape index (κ3) is 4.98. The molecule has 0 spiro atoms. The van der Waals surface area contributed by atoms with Crippen LogP contribution in [0.5, 0.6) is 0 Å². The Labute approximate surface area is 176 Å². The largest absolute Gasteiger partial charge is 0.321 e. The van der Waals surface area contributed by atoms with Crippen molar-refractivity contribution in [2.75, 3.05) is 10.0 Å². The number of carbonyl (C=O) groups excluding carboxylic acids is 1. The molecule has 0 aliphatic carbocycles. The molecule has 0 radical (unpaired) electrons. The molecular weight excluding hydrogens is 460 g/mol. The molecule has 0 saturated heterocycles. The number of aryl methyl sites for hydroxylation is 3. The summed E-state index contributed by atoms with van der Waals surface area (Å²) in [6.07, 6.45) is 1.71. The van der Waals surface area contributed by atoms with Gasteiger partial charge in [-0.3, -0.25) is 9.48 Å². The fourth-order valence-electron chi connectivity index (χ4n) is 2.57. The van der Waals surface area contributed by atoms with Gasteiger partial charge in [0.1, 0.15) is 0 Å². The van der Waals surface area contributed by atoms with E-state index < -0.39 is 15.9 Å². The Kier molecular flexibility index (Phi) is 5.99. The van der Waals surface area contributed by atoms with Crippen LogP contribution in [0.25, 0.3) is 0 Å². The molecule has 0 unspecified atom stereocenters.